The molecule has 0 saturated carbocycles. The highest BCUT2D eigenvalue weighted by Gasteiger charge is 2.31. The van der Waals surface area contributed by atoms with E-state index in [4.69, 9.17) is 0 Å². The molecule has 4 heterocycles. The topological polar surface area (TPSA) is 61.2 Å². The Morgan fingerprint density at radius 3 is 2.61 bits per heavy atom. The van der Waals surface area contributed by atoms with Crippen LogP contribution >= 0.6 is 0 Å². The molecule has 2 aromatic heterocycles. The summed E-state index contributed by atoms with van der Waals surface area (Å²) >= 11 is 0. The minimum Gasteiger partial charge on any atom is -0.334 e. The Bertz CT molecular complexity index is 869. The van der Waals surface area contributed by atoms with Gasteiger partial charge in [0, 0.05) is 45.0 Å². The van der Waals surface area contributed by atoms with Gasteiger partial charge in [0.2, 0.25) is 5.82 Å². The number of likely N-dealkylation sites (tertiary alicyclic amines) is 1. The molecule has 1 atom stereocenters. The normalized spacial score (nSPS) is 21.3. The fourth-order valence-electron chi connectivity index (χ4n) is 4.33. The third kappa shape index (κ3) is 3.39. The summed E-state index contributed by atoms with van der Waals surface area (Å²) in [6.45, 7) is 5.98. The van der Waals surface area contributed by atoms with Crippen LogP contribution in [0.1, 0.15) is 53.7 Å². The van der Waals surface area contributed by atoms with Crippen molar-refractivity contribution in [3.05, 3.63) is 35.9 Å². The highest BCUT2D eigenvalue weighted by molar-refractivity contribution is 6.02. The van der Waals surface area contributed by atoms with E-state index in [0.717, 1.165) is 38.9 Å². The van der Waals surface area contributed by atoms with E-state index in [2.05, 4.69) is 23.9 Å². The Morgan fingerprint density at radius 1 is 1.07 bits per heavy atom. The lowest BCUT2D eigenvalue weighted by molar-refractivity contribution is 0.0604. The number of carbonyl (C=O) groups excluding carboxylic acids is 2. The predicted octanol–water partition coefficient (Wildman–Crippen LogP) is 2.13. The van der Waals surface area contributed by atoms with Crippen molar-refractivity contribution in [1.82, 2.24) is 24.1 Å². The van der Waals surface area contributed by atoms with E-state index >= 15 is 0 Å². The summed E-state index contributed by atoms with van der Waals surface area (Å²) in [4.78, 5) is 37.1. The van der Waals surface area contributed by atoms with Crippen molar-refractivity contribution in [3.8, 4) is 0 Å². The van der Waals surface area contributed by atoms with Crippen LogP contribution in [0, 0.1) is 0 Å². The third-order valence-electron chi connectivity index (χ3n) is 6.09. The number of pyridine rings is 1. The number of rotatable bonds is 3. The summed E-state index contributed by atoms with van der Waals surface area (Å²) in [5, 5.41) is 0. The largest absolute Gasteiger partial charge is 0.334 e. The van der Waals surface area contributed by atoms with E-state index in [9.17, 15) is 9.59 Å². The molecule has 2 aromatic rings. The van der Waals surface area contributed by atoms with E-state index in [-0.39, 0.29) is 17.9 Å². The zero-order chi connectivity index (χ0) is 19.7. The van der Waals surface area contributed by atoms with Gasteiger partial charge in [-0.15, -0.1) is 0 Å². The van der Waals surface area contributed by atoms with Crippen LogP contribution in [0.25, 0.3) is 5.52 Å². The summed E-state index contributed by atoms with van der Waals surface area (Å²) in [6.07, 6.45) is 6.02. The summed E-state index contributed by atoms with van der Waals surface area (Å²) < 4.78 is 1.78. The molecular weight excluding hydrogens is 354 g/mol. The highest BCUT2D eigenvalue weighted by atomic mass is 16.2. The van der Waals surface area contributed by atoms with Crippen LogP contribution in [0.15, 0.2) is 24.4 Å². The van der Waals surface area contributed by atoms with Gasteiger partial charge < -0.3 is 14.7 Å². The highest BCUT2D eigenvalue weighted by Crippen LogP contribution is 2.24. The lowest BCUT2D eigenvalue weighted by Crippen LogP contribution is -2.47. The van der Waals surface area contributed by atoms with Crippen molar-refractivity contribution in [2.24, 2.45) is 0 Å². The monoisotopic (exact) mass is 383 g/mol. The molecule has 0 aromatic carbocycles. The zero-order valence-corrected chi connectivity index (χ0v) is 16.8. The Morgan fingerprint density at radius 2 is 1.86 bits per heavy atom. The van der Waals surface area contributed by atoms with Gasteiger partial charge in [-0.1, -0.05) is 13.0 Å². The molecule has 0 aliphatic carbocycles. The van der Waals surface area contributed by atoms with Gasteiger partial charge in [-0.05, 0) is 44.9 Å². The average Bonchev–Trinajstić information content (AvgIpc) is 3.13. The molecule has 2 amide bonds. The molecule has 150 valence electrons. The van der Waals surface area contributed by atoms with Crippen LogP contribution in [0.4, 0.5) is 0 Å². The van der Waals surface area contributed by atoms with Gasteiger partial charge in [0.15, 0.2) is 5.69 Å². The second-order valence-corrected chi connectivity index (χ2v) is 7.89. The minimum atomic E-state index is -0.0981. The average molecular weight is 383 g/mol. The van der Waals surface area contributed by atoms with Crippen LogP contribution in [-0.2, 0) is 0 Å². The number of fused-ring (bicyclic) bond motifs is 1. The minimum absolute atomic E-state index is 0.0484. The van der Waals surface area contributed by atoms with Gasteiger partial charge in [-0.25, -0.2) is 4.98 Å². The van der Waals surface area contributed by atoms with Crippen LogP contribution in [0.5, 0.6) is 0 Å². The van der Waals surface area contributed by atoms with Crippen molar-refractivity contribution in [3.63, 3.8) is 0 Å². The van der Waals surface area contributed by atoms with Crippen LogP contribution in [0.2, 0.25) is 0 Å². The fourth-order valence-corrected chi connectivity index (χ4v) is 4.33. The second kappa shape index (κ2) is 7.91. The van der Waals surface area contributed by atoms with E-state index in [1.807, 2.05) is 34.2 Å². The number of piperazine rings is 1. The molecule has 0 radical (unpaired) electrons. The number of carbonyl (C=O) groups is 2. The first-order chi connectivity index (χ1) is 13.6. The van der Waals surface area contributed by atoms with Gasteiger partial charge in [0.25, 0.3) is 11.8 Å². The third-order valence-corrected chi connectivity index (χ3v) is 6.09. The number of piperidine rings is 1. The molecule has 4 rings (SSSR count). The van der Waals surface area contributed by atoms with Gasteiger partial charge in [0.1, 0.15) is 0 Å². The molecule has 1 unspecified atom stereocenters. The molecular formula is C21H29N5O2. The maximum absolute atomic E-state index is 13.4. The maximum Gasteiger partial charge on any atom is 0.290 e. The number of hydrogen-bond acceptors (Lipinski definition) is 4. The molecule has 0 bridgehead atoms. The molecule has 2 aliphatic rings. The number of likely N-dealkylation sites (N-methyl/N-ethyl adjacent to an activating group) is 1. The van der Waals surface area contributed by atoms with E-state index in [0.29, 0.717) is 30.1 Å². The van der Waals surface area contributed by atoms with E-state index < -0.39 is 0 Å². The SMILES string of the molecule is CCC1CCCCN1C(=O)c1nc(C(=O)N2CCN(C)CC2)n2ccccc12. The number of nitrogens with zero attached hydrogens (tertiary/aromatic N) is 5. The lowest BCUT2D eigenvalue weighted by atomic mass is 9.99. The quantitative estimate of drug-likeness (QED) is 0.815. The van der Waals surface area contributed by atoms with Crippen molar-refractivity contribution >= 4 is 17.3 Å². The smallest absolute Gasteiger partial charge is 0.290 e. The zero-order valence-electron chi connectivity index (χ0n) is 16.8. The van der Waals surface area contributed by atoms with E-state index in [1.165, 1.54) is 6.42 Å². The first kappa shape index (κ1) is 18.9. The fraction of sp³-hybridized carbons (Fsp3) is 0.571. The number of imidazole rings is 1. The summed E-state index contributed by atoms with van der Waals surface area (Å²) in [6, 6.07) is 5.91. The lowest BCUT2D eigenvalue weighted by Gasteiger charge is -2.34. The first-order valence-corrected chi connectivity index (χ1v) is 10.4. The van der Waals surface area contributed by atoms with Gasteiger partial charge >= 0.3 is 0 Å². The molecule has 0 spiro atoms. The number of aromatic nitrogens is 2. The Balaban J connectivity index is 1.68. The molecule has 0 N–H and O–H groups in total. The summed E-state index contributed by atoms with van der Waals surface area (Å²) in [5.74, 6) is 0.195. The molecule has 28 heavy (non-hydrogen) atoms. The number of hydrogen-bond donors (Lipinski definition) is 0. The van der Waals surface area contributed by atoms with Gasteiger partial charge in [0.05, 0.1) is 5.52 Å². The number of amides is 2. The Hall–Kier alpha value is -2.41. The Labute approximate surface area is 165 Å². The second-order valence-electron chi connectivity index (χ2n) is 7.89. The van der Waals surface area contributed by atoms with Crippen LogP contribution in [-0.4, -0.2) is 81.7 Å². The standard InChI is InChI=1S/C21H29N5O2/c1-3-16-8-4-6-10-25(16)20(27)18-17-9-5-7-11-26(17)19(22-18)21(28)24-14-12-23(2)13-15-24/h5,7,9,11,16H,3-4,6,8,10,12-15H2,1-2H3. The summed E-state index contributed by atoms with van der Waals surface area (Å²) in [5.41, 5.74) is 1.11. The predicted molar refractivity (Wildman–Crippen MR) is 108 cm³/mol. The summed E-state index contributed by atoms with van der Waals surface area (Å²) in [7, 11) is 2.06. The van der Waals surface area contributed by atoms with Crippen molar-refractivity contribution in [2.45, 2.75) is 38.6 Å². The molecule has 2 fully saturated rings. The van der Waals surface area contributed by atoms with E-state index in [1.54, 1.807) is 4.40 Å². The van der Waals surface area contributed by atoms with Crippen LogP contribution in [0.3, 0.4) is 0 Å². The molecule has 7 heteroatoms. The molecule has 7 nitrogen and oxygen atoms in total. The molecule has 2 saturated heterocycles. The van der Waals surface area contributed by atoms with Crippen molar-refractivity contribution in [2.75, 3.05) is 39.8 Å². The van der Waals surface area contributed by atoms with Crippen molar-refractivity contribution in [1.29, 1.82) is 0 Å². The maximum atomic E-state index is 13.4. The van der Waals surface area contributed by atoms with Gasteiger partial charge in [-0.2, -0.15) is 0 Å². The van der Waals surface area contributed by atoms with Gasteiger partial charge in [-0.3, -0.25) is 14.0 Å². The van der Waals surface area contributed by atoms with Crippen molar-refractivity contribution < 1.29 is 9.59 Å². The van der Waals surface area contributed by atoms with Crippen LogP contribution < -0.4 is 0 Å². The first-order valence-electron chi connectivity index (χ1n) is 10.4. The Kier molecular flexibility index (Phi) is 5.35. The molecule has 2 aliphatic heterocycles.